The van der Waals surface area contributed by atoms with Crippen LogP contribution in [0.25, 0.3) is 0 Å². The summed E-state index contributed by atoms with van der Waals surface area (Å²) in [7, 11) is 0. The van der Waals surface area contributed by atoms with Crippen molar-refractivity contribution < 1.29 is 9.13 Å². The fraction of sp³-hybridized carbons (Fsp3) is 0.538. The first kappa shape index (κ1) is 12.8. The molecule has 3 heteroatoms. The number of rotatable bonds is 6. The molecule has 1 rings (SSSR count). The zero-order chi connectivity index (χ0) is 12.0. The smallest absolute Gasteiger partial charge is 0.167 e. The van der Waals surface area contributed by atoms with Gasteiger partial charge >= 0.3 is 0 Å². The quantitative estimate of drug-likeness (QED) is 0.794. The van der Waals surface area contributed by atoms with Crippen LogP contribution in [0.3, 0.4) is 0 Å². The van der Waals surface area contributed by atoms with E-state index in [4.69, 9.17) is 4.74 Å². The summed E-state index contributed by atoms with van der Waals surface area (Å²) >= 11 is 0. The molecule has 0 heterocycles. The molecule has 0 saturated heterocycles. The van der Waals surface area contributed by atoms with E-state index < -0.39 is 0 Å². The van der Waals surface area contributed by atoms with Crippen LogP contribution < -0.4 is 10.1 Å². The van der Waals surface area contributed by atoms with Gasteiger partial charge in [0.15, 0.2) is 11.6 Å². The molecule has 0 aliphatic heterocycles. The highest BCUT2D eigenvalue weighted by Gasteiger charge is 2.06. The number of halogens is 1. The summed E-state index contributed by atoms with van der Waals surface area (Å²) in [5, 5.41) is 3.26. The Morgan fingerprint density at radius 2 is 2.12 bits per heavy atom. The van der Waals surface area contributed by atoms with Crippen LogP contribution in [0.1, 0.15) is 33.6 Å². The number of ether oxygens (including phenoxy) is 1. The van der Waals surface area contributed by atoms with E-state index in [-0.39, 0.29) is 5.82 Å². The van der Waals surface area contributed by atoms with Crippen molar-refractivity contribution in [3.05, 3.63) is 24.0 Å². The highest BCUT2D eigenvalue weighted by Crippen LogP contribution is 2.21. The predicted molar refractivity (Wildman–Crippen MR) is 65.6 cm³/mol. The van der Waals surface area contributed by atoms with Crippen LogP contribution >= 0.6 is 0 Å². The first-order valence-corrected chi connectivity index (χ1v) is 5.86. The van der Waals surface area contributed by atoms with E-state index in [1.54, 1.807) is 6.07 Å². The number of hydrogen-bond donors (Lipinski definition) is 1. The summed E-state index contributed by atoms with van der Waals surface area (Å²) in [6.07, 6.45) is 2.20. The monoisotopic (exact) mass is 225 g/mol. The van der Waals surface area contributed by atoms with Gasteiger partial charge in [0, 0.05) is 17.8 Å². The Balaban J connectivity index is 2.65. The maximum absolute atomic E-state index is 13.5. The average Bonchev–Trinajstić information content (AvgIpc) is 2.22. The van der Waals surface area contributed by atoms with E-state index in [0.717, 1.165) is 18.5 Å². The summed E-state index contributed by atoms with van der Waals surface area (Å²) in [5.74, 6) is 0.00624. The third-order valence-electron chi connectivity index (χ3n) is 2.37. The van der Waals surface area contributed by atoms with Gasteiger partial charge in [0.25, 0.3) is 0 Å². The van der Waals surface area contributed by atoms with Gasteiger partial charge in [-0.05, 0) is 32.4 Å². The molecule has 1 atom stereocenters. The van der Waals surface area contributed by atoms with Crippen molar-refractivity contribution in [2.75, 3.05) is 11.9 Å². The average molecular weight is 225 g/mol. The lowest BCUT2D eigenvalue weighted by Crippen LogP contribution is -2.14. The minimum absolute atomic E-state index is 0.310. The minimum Gasteiger partial charge on any atom is -0.491 e. The van der Waals surface area contributed by atoms with Crippen molar-refractivity contribution in [3.63, 3.8) is 0 Å². The molecular weight excluding hydrogens is 205 g/mol. The largest absolute Gasteiger partial charge is 0.491 e. The van der Waals surface area contributed by atoms with E-state index >= 15 is 0 Å². The second kappa shape index (κ2) is 6.36. The molecule has 0 bridgehead atoms. The van der Waals surface area contributed by atoms with E-state index in [1.807, 2.05) is 13.0 Å². The van der Waals surface area contributed by atoms with Crippen molar-refractivity contribution in [3.8, 4) is 5.75 Å². The topological polar surface area (TPSA) is 21.3 Å². The second-order valence-electron chi connectivity index (χ2n) is 3.91. The van der Waals surface area contributed by atoms with Crippen LogP contribution in [0.15, 0.2) is 18.2 Å². The zero-order valence-electron chi connectivity index (χ0n) is 10.2. The predicted octanol–water partition coefficient (Wildman–Crippen LogP) is 3.82. The maximum Gasteiger partial charge on any atom is 0.167 e. The normalized spacial score (nSPS) is 12.2. The molecular formula is C13H20FNO. The third kappa shape index (κ3) is 3.72. The minimum atomic E-state index is -0.310. The van der Waals surface area contributed by atoms with Gasteiger partial charge in [0.2, 0.25) is 0 Å². The van der Waals surface area contributed by atoms with E-state index in [9.17, 15) is 4.39 Å². The lowest BCUT2D eigenvalue weighted by atomic mass is 10.2. The van der Waals surface area contributed by atoms with Gasteiger partial charge in [0.05, 0.1) is 6.61 Å². The Bertz CT molecular complexity index is 328. The molecule has 2 nitrogen and oxygen atoms in total. The highest BCUT2D eigenvalue weighted by molar-refractivity contribution is 5.47. The SMILES string of the molecule is CCCC(C)Nc1ccc(OCC)c(F)c1. The molecule has 1 aromatic rings. The molecule has 1 N–H and O–H groups in total. The van der Waals surface area contributed by atoms with E-state index in [0.29, 0.717) is 18.4 Å². The standard InChI is InChI=1S/C13H20FNO/c1-4-6-10(3)15-11-7-8-13(16-5-2)12(14)9-11/h7-10,15H,4-6H2,1-3H3. The molecule has 0 aliphatic carbocycles. The fourth-order valence-corrected chi connectivity index (χ4v) is 1.65. The number of benzene rings is 1. The Kier molecular flexibility index (Phi) is 5.09. The van der Waals surface area contributed by atoms with Gasteiger partial charge < -0.3 is 10.1 Å². The molecule has 0 fully saturated rings. The molecule has 0 amide bonds. The molecule has 0 saturated carbocycles. The summed E-state index contributed by atoms with van der Waals surface area (Å²) in [5.41, 5.74) is 0.807. The number of anilines is 1. The van der Waals surface area contributed by atoms with Crippen LogP contribution in [0.5, 0.6) is 5.75 Å². The van der Waals surface area contributed by atoms with Gasteiger partial charge in [-0.25, -0.2) is 4.39 Å². The molecule has 1 aromatic carbocycles. The molecule has 0 aromatic heterocycles. The summed E-state index contributed by atoms with van der Waals surface area (Å²) in [4.78, 5) is 0. The van der Waals surface area contributed by atoms with Crippen molar-refractivity contribution in [2.24, 2.45) is 0 Å². The van der Waals surface area contributed by atoms with Gasteiger partial charge in [-0.2, -0.15) is 0 Å². The molecule has 16 heavy (non-hydrogen) atoms. The Morgan fingerprint density at radius 3 is 2.69 bits per heavy atom. The van der Waals surface area contributed by atoms with Crippen LogP contribution in [0, 0.1) is 5.82 Å². The second-order valence-corrected chi connectivity index (χ2v) is 3.91. The van der Waals surface area contributed by atoms with Crippen LogP contribution in [0.4, 0.5) is 10.1 Å². The molecule has 90 valence electrons. The van der Waals surface area contributed by atoms with Gasteiger partial charge in [0.1, 0.15) is 0 Å². The number of nitrogens with one attached hydrogen (secondary N) is 1. The van der Waals surface area contributed by atoms with Crippen molar-refractivity contribution in [2.45, 2.75) is 39.7 Å². The molecule has 0 aliphatic rings. The van der Waals surface area contributed by atoms with Gasteiger partial charge in [-0.15, -0.1) is 0 Å². The van der Waals surface area contributed by atoms with Crippen LogP contribution in [-0.2, 0) is 0 Å². The molecule has 1 unspecified atom stereocenters. The first-order chi connectivity index (χ1) is 7.67. The zero-order valence-corrected chi connectivity index (χ0v) is 10.2. The van der Waals surface area contributed by atoms with E-state index in [2.05, 4.69) is 19.2 Å². The summed E-state index contributed by atoms with van der Waals surface area (Å²) < 4.78 is 18.6. The third-order valence-corrected chi connectivity index (χ3v) is 2.37. The first-order valence-electron chi connectivity index (χ1n) is 5.86. The number of hydrogen-bond acceptors (Lipinski definition) is 2. The van der Waals surface area contributed by atoms with E-state index in [1.165, 1.54) is 6.07 Å². The lowest BCUT2D eigenvalue weighted by Gasteiger charge is -2.15. The molecule has 0 spiro atoms. The fourth-order valence-electron chi connectivity index (χ4n) is 1.65. The van der Waals surface area contributed by atoms with Gasteiger partial charge in [-0.3, -0.25) is 0 Å². The van der Waals surface area contributed by atoms with Gasteiger partial charge in [-0.1, -0.05) is 13.3 Å². The Morgan fingerprint density at radius 1 is 1.38 bits per heavy atom. The Labute approximate surface area is 96.8 Å². The van der Waals surface area contributed by atoms with Crippen molar-refractivity contribution >= 4 is 5.69 Å². The summed E-state index contributed by atoms with van der Waals surface area (Å²) in [6.45, 7) is 6.56. The van der Waals surface area contributed by atoms with Crippen molar-refractivity contribution in [1.29, 1.82) is 0 Å². The lowest BCUT2D eigenvalue weighted by molar-refractivity contribution is 0.321. The maximum atomic E-state index is 13.5. The van der Waals surface area contributed by atoms with Crippen molar-refractivity contribution in [1.82, 2.24) is 0 Å². The van der Waals surface area contributed by atoms with Crippen LogP contribution in [0.2, 0.25) is 0 Å². The highest BCUT2D eigenvalue weighted by atomic mass is 19.1. The summed E-state index contributed by atoms with van der Waals surface area (Å²) in [6, 6.07) is 5.36. The Hall–Kier alpha value is -1.25. The van der Waals surface area contributed by atoms with Crippen LogP contribution in [-0.4, -0.2) is 12.6 Å². The molecule has 0 radical (unpaired) electrons.